The number of aryl methyl sites for hydroxylation is 1. The van der Waals surface area contributed by atoms with Crippen molar-refractivity contribution >= 4 is 65.0 Å². The van der Waals surface area contributed by atoms with Gasteiger partial charge in [-0.1, -0.05) is 72.8 Å². The summed E-state index contributed by atoms with van der Waals surface area (Å²) in [6, 6.07) is 56.3. The van der Waals surface area contributed by atoms with Gasteiger partial charge in [0.15, 0.2) is 0 Å². The van der Waals surface area contributed by atoms with E-state index in [1.165, 1.54) is 58.8 Å². The van der Waals surface area contributed by atoms with Gasteiger partial charge in [0, 0.05) is 42.4 Å². The largest absolute Gasteiger partial charge is 0.320 e. The van der Waals surface area contributed by atoms with E-state index in [9.17, 15) is 5.26 Å². The van der Waals surface area contributed by atoms with E-state index in [1.54, 1.807) is 11.3 Å². The summed E-state index contributed by atoms with van der Waals surface area (Å²) >= 11 is 1.75. The molecule has 0 saturated carbocycles. The Morgan fingerprint density at radius 3 is 2.02 bits per heavy atom. The van der Waals surface area contributed by atoms with E-state index >= 15 is 0 Å². The molecule has 51 heavy (non-hydrogen) atoms. The Labute approximate surface area is 298 Å². The molecule has 6 aromatic carbocycles. The lowest BCUT2D eigenvalue weighted by molar-refractivity contribution is 0.770. The summed E-state index contributed by atoms with van der Waals surface area (Å²) in [5.41, 5.74) is 11.3. The molecular weight excluding hydrogens is 641 g/mol. The predicted molar refractivity (Wildman–Crippen MR) is 213 cm³/mol. The van der Waals surface area contributed by atoms with Gasteiger partial charge >= 0.3 is 0 Å². The third-order valence-corrected chi connectivity index (χ3v) is 11.4. The van der Waals surface area contributed by atoms with Crippen molar-refractivity contribution in [2.24, 2.45) is 4.99 Å². The van der Waals surface area contributed by atoms with Gasteiger partial charge < -0.3 is 9.13 Å². The lowest BCUT2D eigenvalue weighted by Gasteiger charge is -2.13. The Morgan fingerprint density at radius 2 is 1.24 bits per heavy atom. The zero-order chi connectivity index (χ0) is 34.1. The molecule has 0 bridgehead atoms. The molecule has 2 aliphatic rings. The molecule has 2 aromatic heterocycles. The standard InChI is InChI=1S/C46H30N4S/c1-29-36-24-30(27-47)18-23-44(36)51-45-17-9-14-39(46(29)45)48-28-49-40-15-7-5-12-34(40)37-25-31(19-21-41(37)49)32-20-22-43-38(26-32)35-13-6-8-16-42(35)50(43)33-10-3-2-4-11-33/h2-26H,28H2,1H3/b48-39-. The van der Waals surface area contributed by atoms with Crippen molar-refractivity contribution in [3.05, 3.63) is 168 Å². The van der Waals surface area contributed by atoms with E-state index in [4.69, 9.17) is 4.99 Å². The van der Waals surface area contributed by atoms with Crippen molar-refractivity contribution in [1.82, 2.24) is 9.13 Å². The molecule has 0 unspecified atom stereocenters. The van der Waals surface area contributed by atoms with Crippen LogP contribution in [0.1, 0.15) is 11.1 Å². The fraction of sp³-hybridized carbons (Fsp3) is 0.0435. The average molecular weight is 671 g/mol. The Balaban J connectivity index is 1.11. The maximum absolute atomic E-state index is 9.55. The van der Waals surface area contributed by atoms with Gasteiger partial charge in [0.1, 0.15) is 6.67 Å². The van der Waals surface area contributed by atoms with E-state index < -0.39 is 0 Å². The first kappa shape index (κ1) is 29.4. The van der Waals surface area contributed by atoms with Crippen LogP contribution in [0, 0.1) is 18.3 Å². The van der Waals surface area contributed by atoms with E-state index in [-0.39, 0.29) is 0 Å². The molecule has 0 spiro atoms. The number of benzene rings is 7. The van der Waals surface area contributed by atoms with Crippen LogP contribution >= 0.6 is 11.3 Å². The summed E-state index contributed by atoms with van der Waals surface area (Å²) < 4.78 is 5.87. The van der Waals surface area contributed by atoms with Gasteiger partial charge in [0.2, 0.25) is 0 Å². The number of aromatic nitrogens is 2. The minimum atomic E-state index is 0.494. The monoisotopic (exact) mass is 670 g/mol. The normalized spacial score (nSPS) is 12.2. The molecule has 0 saturated heterocycles. The van der Waals surface area contributed by atoms with Crippen LogP contribution in [0.25, 0.3) is 81.0 Å². The smallest absolute Gasteiger partial charge is 0.115 e. The first-order valence-electron chi connectivity index (χ1n) is 17.1. The highest BCUT2D eigenvalue weighted by molar-refractivity contribution is 7.21. The molecule has 3 heterocycles. The second kappa shape index (κ2) is 11.6. The van der Waals surface area contributed by atoms with Crippen LogP contribution in [-0.2, 0) is 6.67 Å². The molecule has 0 N–H and O–H groups in total. The second-order valence-corrected chi connectivity index (χ2v) is 14.2. The minimum Gasteiger partial charge on any atom is -0.320 e. The highest BCUT2D eigenvalue weighted by atomic mass is 32.1. The number of rotatable bonds is 4. The van der Waals surface area contributed by atoms with E-state index in [1.807, 2.05) is 12.1 Å². The van der Waals surface area contributed by atoms with Crippen LogP contribution in [0.15, 0.2) is 157 Å². The fourth-order valence-corrected chi connectivity index (χ4v) is 9.09. The Kier molecular flexibility index (Phi) is 6.67. The Hall–Kier alpha value is -6.48. The van der Waals surface area contributed by atoms with Crippen molar-refractivity contribution in [2.75, 3.05) is 0 Å². The SMILES string of the molecule is Cc1c2/c(=N\Cn3c4ccccc4c4cc(-c5ccc6c(c5)c5ccccc5n6-c5ccccc5)ccc43)cccc-2sc2ccc(C#N)cc12. The van der Waals surface area contributed by atoms with Gasteiger partial charge in [-0.25, -0.2) is 0 Å². The number of fused-ring (bicyclic) bond motifs is 8. The molecule has 4 nitrogen and oxygen atoms in total. The van der Waals surface area contributed by atoms with Crippen LogP contribution in [0.4, 0.5) is 0 Å². The van der Waals surface area contributed by atoms with Crippen LogP contribution in [0.3, 0.4) is 0 Å². The second-order valence-electron chi connectivity index (χ2n) is 13.1. The summed E-state index contributed by atoms with van der Waals surface area (Å²) in [6.45, 7) is 2.64. The van der Waals surface area contributed by atoms with E-state index in [0.29, 0.717) is 12.2 Å². The number of hydrogen-bond donors (Lipinski definition) is 0. The topological polar surface area (TPSA) is 46.0 Å². The van der Waals surface area contributed by atoms with Crippen LogP contribution < -0.4 is 5.36 Å². The fourth-order valence-electron chi connectivity index (χ4n) is 7.89. The minimum absolute atomic E-state index is 0.494. The van der Waals surface area contributed by atoms with Crippen molar-refractivity contribution in [2.45, 2.75) is 13.6 Å². The lowest BCUT2D eigenvalue weighted by Crippen LogP contribution is -2.10. The van der Waals surface area contributed by atoms with Crippen LogP contribution in [0.2, 0.25) is 0 Å². The highest BCUT2D eigenvalue weighted by Crippen LogP contribution is 2.38. The first-order valence-corrected chi connectivity index (χ1v) is 17.9. The van der Waals surface area contributed by atoms with Crippen molar-refractivity contribution in [3.63, 3.8) is 0 Å². The van der Waals surface area contributed by atoms with Gasteiger partial charge in [-0.3, -0.25) is 4.99 Å². The quantitative estimate of drug-likeness (QED) is 0.172. The zero-order valence-electron chi connectivity index (χ0n) is 27.8. The summed E-state index contributed by atoms with van der Waals surface area (Å²) in [5.74, 6) is 0. The molecule has 1 aliphatic heterocycles. The summed E-state index contributed by atoms with van der Waals surface area (Å²) in [5, 5.41) is 16.6. The average Bonchev–Trinajstić information content (AvgIpc) is 3.69. The maximum Gasteiger partial charge on any atom is 0.115 e. The van der Waals surface area contributed by atoms with Crippen LogP contribution in [-0.4, -0.2) is 9.13 Å². The third kappa shape index (κ3) is 4.61. The van der Waals surface area contributed by atoms with Gasteiger partial charge in [0.25, 0.3) is 0 Å². The highest BCUT2D eigenvalue weighted by Gasteiger charge is 2.16. The molecule has 0 radical (unpaired) electrons. The summed E-state index contributed by atoms with van der Waals surface area (Å²) in [7, 11) is 0. The van der Waals surface area contributed by atoms with Crippen molar-refractivity contribution in [3.8, 4) is 33.3 Å². The Morgan fingerprint density at radius 1 is 0.588 bits per heavy atom. The summed E-state index contributed by atoms with van der Waals surface area (Å²) in [6.07, 6.45) is 0. The van der Waals surface area contributed by atoms with Gasteiger partial charge in [-0.2, -0.15) is 5.26 Å². The lowest BCUT2D eigenvalue weighted by atomic mass is 10.0. The van der Waals surface area contributed by atoms with Crippen molar-refractivity contribution < 1.29 is 0 Å². The van der Waals surface area contributed by atoms with Gasteiger partial charge in [-0.15, -0.1) is 11.3 Å². The number of hydrogen-bond acceptors (Lipinski definition) is 3. The van der Waals surface area contributed by atoms with E-state index in [2.05, 4.69) is 162 Å². The molecule has 0 atom stereocenters. The predicted octanol–water partition coefficient (Wildman–Crippen LogP) is 11.6. The van der Waals surface area contributed by atoms with Gasteiger partial charge in [0.05, 0.1) is 39.1 Å². The maximum atomic E-state index is 9.55. The van der Waals surface area contributed by atoms with Crippen LogP contribution in [0.5, 0.6) is 0 Å². The molecule has 1 aliphatic carbocycles. The van der Waals surface area contributed by atoms with Crippen molar-refractivity contribution in [1.29, 1.82) is 5.26 Å². The van der Waals surface area contributed by atoms with E-state index in [0.717, 1.165) is 33.1 Å². The molecule has 10 rings (SSSR count). The number of para-hydroxylation sites is 3. The molecule has 8 aromatic rings. The van der Waals surface area contributed by atoms with Gasteiger partial charge in [-0.05, 0) is 108 Å². The summed E-state index contributed by atoms with van der Waals surface area (Å²) in [4.78, 5) is 6.46. The molecule has 0 fully saturated rings. The molecular formula is C46H30N4S. The molecule has 0 amide bonds. The number of nitriles is 1. The zero-order valence-corrected chi connectivity index (χ0v) is 28.7. The molecule has 240 valence electrons. The molecule has 5 heteroatoms. The Bertz CT molecular complexity index is 3080. The third-order valence-electron chi connectivity index (χ3n) is 10.3. The first-order chi connectivity index (χ1) is 25.2. The number of nitrogens with zero attached hydrogens (tertiary/aromatic N) is 4.